The lowest BCUT2D eigenvalue weighted by molar-refractivity contribution is -0.141. The molecule has 2 rings (SSSR count). The molecule has 0 aromatic carbocycles. The first kappa shape index (κ1) is 14.5. The highest BCUT2D eigenvalue weighted by atomic mass is 32.2. The summed E-state index contributed by atoms with van der Waals surface area (Å²) in [4.78, 5) is 25.0. The summed E-state index contributed by atoms with van der Waals surface area (Å²) in [7, 11) is 0. The van der Waals surface area contributed by atoms with Gasteiger partial charge >= 0.3 is 12.0 Å². The molecule has 0 aromatic heterocycles. The average Bonchev–Trinajstić information content (AvgIpc) is 2.74. The number of thioether (sulfide) groups is 1. The van der Waals surface area contributed by atoms with E-state index in [1.165, 1.54) is 23.1 Å². The Morgan fingerprint density at radius 1 is 1.26 bits per heavy atom. The van der Waals surface area contributed by atoms with Gasteiger partial charge in [-0.3, -0.25) is 4.90 Å². The van der Waals surface area contributed by atoms with Crippen LogP contribution in [0, 0.1) is 5.92 Å². The van der Waals surface area contributed by atoms with Gasteiger partial charge in [0.1, 0.15) is 6.04 Å². The summed E-state index contributed by atoms with van der Waals surface area (Å²) in [6.45, 7) is 4.04. The number of hydrogen-bond acceptors (Lipinski definition) is 3. The predicted molar refractivity (Wildman–Crippen MR) is 75.1 cm³/mol. The van der Waals surface area contributed by atoms with E-state index >= 15 is 0 Å². The highest BCUT2D eigenvalue weighted by Crippen LogP contribution is 2.30. The Morgan fingerprint density at radius 2 is 1.95 bits per heavy atom. The van der Waals surface area contributed by atoms with Crippen LogP contribution in [0.15, 0.2) is 0 Å². The number of amides is 2. The molecule has 1 heterocycles. The van der Waals surface area contributed by atoms with Crippen LogP contribution in [-0.2, 0) is 4.79 Å². The molecule has 1 saturated heterocycles. The smallest absolute Gasteiger partial charge is 0.327 e. The number of carboxylic acids is 1. The Balaban J connectivity index is 1.99. The van der Waals surface area contributed by atoms with E-state index in [0.29, 0.717) is 11.7 Å². The van der Waals surface area contributed by atoms with Gasteiger partial charge in [0.25, 0.3) is 0 Å². The van der Waals surface area contributed by atoms with Crippen molar-refractivity contribution in [3.63, 3.8) is 0 Å². The molecule has 0 spiro atoms. The van der Waals surface area contributed by atoms with Crippen LogP contribution in [-0.4, -0.2) is 45.2 Å². The third-order valence-corrected chi connectivity index (χ3v) is 5.38. The molecule has 5 nitrogen and oxygen atoms in total. The van der Waals surface area contributed by atoms with Crippen LogP contribution >= 0.6 is 11.8 Å². The minimum absolute atomic E-state index is 0.0694. The molecule has 1 aliphatic heterocycles. The molecule has 2 fully saturated rings. The zero-order valence-corrected chi connectivity index (χ0v) is 12.3. The standard InChI is InChI=1S/C13H22N2O3S/c1-8-5-3-4-6-10(8)14-13(18)15-9(2)19-7-11(15)12(16)17/h8-11H,3-7H2,1-2H3,(H,14,18)(H,16,17). The van der Waals surface area contributed by atoms with E-state index in [4.69, 9.17) is 0 Å². The van der Waals surface area contributed by atoms with Crippen molar-refractivity contribution in [1.29, 1.82) is 0 Å². The van der Waals surface area contributed by atoms with Crippen LogP contribution in [0.1, 0.15) is 39.5 Å². The van der Waals surface area contributed by atoms with E-state index in [-0.39, 0.29) is 17.4 Å². The second kappa shape index (κ2) is 6.03. The highest BCUT2D eigenvalue weighted by molar-refractivity contribution is 8.00. The SMILES string of the molecule is CC1CCCCC1NC(=O)N1C(C)SCC1C(=O)O. The van der Waals surface area contributed by atoms with Crippen LogP contribution in [0.2, 0.25) is 0 Å². The first-order valence-corrected chi connectivity index (χ1v) is 7.99. The fourth-order valence-corrected chi connectivity index (χ4v) is 4.07. The van der Waals surface area contributed by atoms with Gasteiger partial charge in [-0.15, -0.1) is 11.8 Å². The molecule has 2 amide bonds. The van der Waals surface area contributed by atoms with Gasteiger partial charge in [0.05, 0.1) is 5.37 Å². The van der Waals surface area contributed by atoms with E-state index in [2.05, 4.69) is 12.2 Å². The maximum atomic E-state index is 12.3. The molecule has 2 aliphatic rings. The number of carboxylic acid groups (broad SMARTS) is 1. The lowest BCUT2D eigenvalue weighted by Gasteiger charge is -2.33. The van der Waals surface area contributed by atoms with E-state index < -0.39 is 12.0 Å². The van der Waals surface area contributed by atoms with Crippen LogP contribution in [0.25, 0.3) is 0 Å². The van der Waals surface area contributed by atoms with E-state index in [0.717, 1.165) is 19.3 Å². The van der Waals surface area contributed by atoms with E-state index in [1.807, 2.05) is 6.92 Å². The second-order valence-electron chi connectivity index (χ2n) is 5.51. The number of carbonyl (C=O) groups is 2. The molecule has 1 aliphatic carbocycles. The third-order valence-electron chi connectivity index (χ3n) is 4.16. The normalized spacial score (nSPS) is 35.2. The molecule has 4 unspecified atom stereocenters. The lowest BCUT2D eigenvalue weighted by Crippen LogP contribution is -2.53. The van der Waals surface area contributed by atoms with Gasteiger partial charge in [-0.25, -0.2) is 9.59 Å². The Morgan fingerprint density at radius 3 is 2.58 bits per heavy atom. The molecule has 108 valence electrons. The summed E-state index contributed by atoms with van der Waals surface area (Å²) in [5, 5.41) is 12.1. The molecule has 4 atom stereocenters. The fourth-order valence-electron chi connectivity index (χ4n) is 2.91. The third kappa shape index (κ3) is 3.16. The topological polar surface area (TPSA) is 69.6 Å². The van der Waals surface area contributed by atoms with Crippen molar-refractivity contribution >= 4 is 23.8 Å². The van der Waals surface area contributed by atoms with E-state index in [1.54, 1.807) is 0 Å². The molecular weight excluding hydrogens is 264 g/mol. The van der Waals surface area contributed by atoms with Crippen molar-refractivity contribution in [2.24, 2.45) is 5.92 Å². The number of nitrogens with one attached hydrogen (secondary N) is 1. The van der Waals surface area contributed by atoms with Gasteiger partial charge in [-0.2, -0.15) is 0 Å². The molecule has 19 heavy (non-hydrogen) atoms. The van der Waals surface area contributed by atoms with Crippen LogP contribution in [0.3, 0.4) is 0 Å². The molecule has 0 aromatic rings. The second-order valence-corrected chi connectivity index (χ2v) is 6.86. The van der Waals surface area contributed by atoms with Crippen molar-refractivity contribution in [2.45, 2.75) is 57.0 Å². The largest absolute Gasteiger partial charge is 0.480 e. The van der Waals surface area contributed by atoms with Gasteiger partial charge in [0.15, 0.2) is 0 Å². The molecule has 0 radical (unpaired) electrons. The summed E-state index contributed by atoms with van der Waals surface area (Å²) in [6, 6.07) is -0.726. The van der Waals surface area contributed by atoms with Crippen molar-refractivity contribution in [3.05, 3.63) is 0 Å². The zero-order valence-electron chi connectivity index (χ0n) is 11.5. The monoisotopic (exact) mass is 286 g/mol. The maximum Gasteiger partial charge on any atom is 0.327 e. The van der Waals surface area contributed by atoms with Crippen LogP contribution < -0.4 is 5.32 Å². The van der Waals surface area contributed by atoms with Crippen molar-refractivity contribution in [2.75, 3.05) is 5.75 Å². The number of nitrogens with zero attached hydrogens (tertiary/aromatic N) is 1. The highest BCUT2D eigenvalue weighted by Gasteiger charge is 2.40. The minimum atomic E-state index is -0.913. The van der Waals surface area contributed by atoms with Crippen LogP contribution in [0.5, 0.6) is 0 Å². The maximum absolute atomic E-state index is 12.3. The lowest BCUT2D eigenvalue weighted by atomic mass is 9.86. The Labute approximate surface area is 118 Å². The number of carbonyl (C=O) groups excluding carboxylic acids is 1. The number of urea groups is 1. The predicted octanol–water partition coefficient (Wildman–Crippen LogP) is 2.12. The summed E-state index contributed by atoms with van der Waals surface area (Å²) in [6.07, 6.45) is 4.50. The fraction of sp³-hybridized carbons (Fsp3) is 0.846. The molecule has 1 saturated carbocycles. The first-order chi connectivity index (χ1) is 9.00. The molecule has 2 N–H and O–H groups in total. The Kier molecular flexibility index (Phi) is 4.60. The Bertz CT molecular complexity index is 364. The van der Waals surface area contributed by atoms with Gasteiger partial charge < -0.3 is 10.4 Å². The summed E-state index contributed by atoms with van der Waals surface area (Å²) >= 11 is 1.52. The average molecular weight is 286 g/mol. The summed E-state index contributed by atoms with van der Waals surface area (Å²) < 4.78 is 0. The molecular formula is C13H22N2O3S. The number of rotatable bonds is 2. The van der Waals surface area contributed by atoms with Gasteiger partial charge in [-0.05, 0) is 25.7 Å². The van der Waals surface area contributed by atoms with Crippen molar-refractivity contribution in [1.82, 2.24) is 10.2 Å². The number of aliphatic carboxylic acids is 1. The summed E-state index contributed by atoms with van der Waals surface area (Å²) in [5.74, 6) is 0.0414. The van der Waals surface area contributed by atoms with Gasteiger partial charge in [0.2, 0.25) is 0 Å². The minimum Gasteiger partial charge on any atom is -0.480 e. The zero-order chi connectivity index (χ0) is 14.0. The van der Waals surface area contributed by atoms with Crippen molar-refractivity contribution in [3.8, 4) is 0 Å². The van der Waals surface area contributed by atoms with E-state index in [9.17, 15) is 14.7 Å². The van der Waals surface area contributed by atoms with Gasteiger partial charge in [-0.1, -0.05) is 19.8 Å². The van der Waals surface area contributed by atoms with Crippen molar-refractivity contribution < 1.29 is 14.7 Å². The first-order valence-electron chi connectivity index (χ1n) is 6.94. The van der Waals surface area contributed by atoms with Gasteiger partial charge in [0, 0.05) is 11.8 Å². The molecule has 6 heteroatoms. The molecule has 0 bridgehead atoms. The quantitative estimate of drug-likeness (QED) is 0.816. The van der Waals surface area contributed by atoms with Crippen LogP contribution in [0.4, 0.5) is 4.79 Å². The summed E-state index contributed by atoms with van der Waals surface area (Å²) in [5.41, 5.74) is 0. The number of hydrogen-bond donors (Lipinski definition) is 2. The Hall–Kier alpha value is -0.910.